The first kappa shape index (κ1) is 14.0. The molecule has 2 aliphatic heterocycles. The van der Waals surface area contributed by atoms with Gasteiger partial charge in [-0.05, 0) is 6.92 Å². The molecular formula is C12H18N2O5. The number of hydrogen-bond donors (Lipinski definition) is 1. The zero-order valence-corrected chi connectivity index (χ0v) is 10.9. The van der Waals surface area contributed by atoms with Gasteiger partial charge in [0.25, 0.3) is 0 Å². The summed E-state index contributed by atoms with van der Waals surface area (Å²) in [6, 6.07) is -0.870. The van der Waals surface area contributed by atoms with E-state index in [-0.39, 0.29) is 37.3 Å². The summed E-state index contributed by atoms with van der Waals surface area (Å²) in [4.78, 5) is 37.8. The Morgan fingerprint density at radius 2 is 2.21 bits per heavy atom. The maximum absolute atomic E-state index is 12.2. The van der Waals surface area contributed by atoms with Crippen molar-refractivity contribution in [3.8, 4) is 0 Å². The first-order valence-electron chi connectivity index (χ1n) is 6.44. The number of carboxylic acid groups (broad SMARTS) is 1. The Balaban J connectivity index is 2.12. The van der Waals surface area contributed by atoms with Crippen LogP contribution in [-0.2, 0) is 19.1 Å². The van der Waals surface area contributed by atoms with Gasteiger partial charge in [0.2, 0.25) is 11.8 Å². The number of morpholine rings is 1. The second-order valence-corrected chi connectivity index (χ2v) is 4.76. The van der Waals surface area contributed by atoms with Gasteiger partial charge in [0.05, 0.1) is 32.1 Å². The summed E-state index contributed by atoms with van der Waals surface area (Å²) < 4.78 is 5.27. The highest BCUT2D eigenvalue weighted by molar-refractivity contribution is 6.05. The molecule has 0 aliphatic carbocycles. The highest BCUT2D eigenvalue weighted by Gasteiger charge is 2.44. The van der Waals surface area contributed by atoms with Crippen molar-refractivity contribution >= 4 is 17.8 Å². The third kappa shape index (κ3) is 2.76. The van der Waals surface area contributed by atoms with Crippen LogP contribution in [0.4, 0.5) is 0 Å². The third-order valence-corrected chi connectivity index (χ3v) is 3.62. The van der Waals surface area contributed by atoms with E-state index < -0.39 is 12.0 Å². The molecule has 19 heavy (non-hydrogen) atoms. The van der Waals surface area contributed by atoms with Crippen LogP contribution in [0.3, 0.4) is 0 Å². The van der Waals surface area contributed by atoms with Crippen molar-refractivity contribution in [2.45, 2.75) is 31.8 Å². The number of hydrogen-bond acceptors (Lipinski definition) is 5. The fourth-order valence-corrected chi connectivity index (χ4v) is 2.71. The van der Waals surface area contributed by atoms with Crippen molar-refractivity contribution < 1.29 is 24.2 Å². The molecule has 2 fully saturated rings. The van der Waals surface area contributed by atoms with E-state index in [1.54, 1.807) is 6.92 Å². The van der Waals surface area contributed by atoms with Crippen molar-refractivity contribution in [1.29, 1.82) is 0 Å². The monoisotopic (exact) mass is 270 g/mol. The van der Waals surface area contributed by atoms with Gasteiger partial charge in [-0.2, -0.15) is 0 Å². The molecule has 0 bridgehead atoms. The molecule has 1 N–H and O–H groups in total. The summed E-state index contributed by atoms with van der Waals surface area (Å²) in [5.74, 6) is -1.33. The lowest BCUT2D eigenvalue weighted by Gasteiger charge is -2.37. The summed E-state index contributed by atoms with van der Waals surface area (Å²) in [5, 5.41) is 8.90. The maximum atomic E-state index is 12.2. The van der Waals surface area contributed by atoms with E-state index in [1.807, 2.05) is 4.90 Å². The molecule has 2 saturated heterocycles. The van der Waals surface area contributed by atoms with E-state index >= 15 is 0 Å². The smallest absolute Gasteiger partial charge is 0.305 e. The lowest BCUT2D eigenvalue weighted by Crippen LogP contribution is -2.53. The summed E-state index contributed by atoms with van der Waals surface area (Å²) in [7, 11) is 0. The Morgan fingerprint density at radius 1 is 1.47 bits per heavy atom. The lowest BCUT2D eigenvalue weighted by atomic mass is 10.1. The van der Waals surface area contributed by atoms with E-state index in [1.165, 1.54) is 4.90 Å². The van der Waals surface area contributed by atoms with Crippen LogP contribution in [-0.4, -0.2) is 71.1 Å². The molecule has 0 radical (unpaired) electrons. The van der Waals surface area contributed by atoms with Gasteiger partial charge in [-0.25, -0.2) is 0 Å². The van der Waals surface area contributed by atoms with Crippen molar-refractivity contribution in [2.75, 3.05) is 26.3 Å². The molecule has 2 atom stereocenters. The van der Waals surface area contributed by atoms with Crippen molar-refractivity contribution in [3.63, 3.8) is 0 Å². The molecule has 2 aliphatic rings. The minimum Gasteiger partial charge on any atom is -0.481 e. The fourth-order valence-electron chi connectivity index (χ4n) is 2.71. The van der Waals surface area contributed by atoms with Crippen LogP contribution < -0.4 is 0 Å². The predicted molar refractivity (Wildman–Crippen MR) is 64.4 cm³/mol. The van der Waals surface area contributed by atoms with Gasteiger partial charge in [0.1, 0.15) is 0 Å². The molecule has 0 aromatic carbocycles. The Kier molecular flexibility index (Phi) is 4.16. The number of carbonyl (C=O) groups excluding carboxylic acids is 2. The van der Waals surface area contributed by atoms with Gasteiger partial charge in [-0.1, -0.05) is 0 Å². The summed E-state index contributed by atoms with van der Waals surface area (Å²) in [6.45, 7) is 3.35. The molecule has 2 rings (SSSR count). The van der Waals surface area contributed by atoms with Gasteiger partial charge < -0.3 is 9.84 Å². The molecule has 0 spiro atoms. The molecular weight excluding hydrogens is 252 g/mol. The number of likely N-dealkylation sites (tertiary alicyclic amines) is 1. The number of nitrogens with zero attached hydrogens (tertiary/aromatic N) is 2. The first-order valence-corrected chi connectivity index (χ1v) is 6.44. The van der Waals surface area contributed by atoms with Gasteiger partial charge in [0.15, 0.2) is 0 Å². The van der Waals surface area contributed by atoms with E-state index in [0.29, 0.717) is 19.7 Å². The topological polar surface area (TPSA) is 87.2 Å². The zero-order chi connectivity index (χ0) is 14.0. The Morgan fingerprint density at radius 3 is 2.79 bits per heavy atom. The summed E-state index contributed by atoms with van der Waals surface area (Å²) in [5.41, 5.74) is 0. The average Bonchev–Trinajstić information content (AvgIpc) is 2.64. The molecule has 0 aromatic rings. The largest absolute Gasteiger partial charge is 0.481 e. The number of amides is 2. The zero-order valence-electron chi connectivity index (χ0n) is 10.9. The Hall–Kier alpha value is -1.47. The predicted octanol–water partition coefficient (Wildman–Crippen LogP) is -0.691. The van der Waals surface area contributed by atoms with Gasteiger partial charge in [-0.15, -0.1) is 0 Å². The summed E-state index contributed by atoms with van der Waals surface area (Å²) in [6.07, 6.45) is 0.0624. The number of rotatable bonds is 4. The SMILES string of the molecule is CCN1C(=O)CC(N2CCOCC2CC(=O)O)C1=O. The minimum absolute atomic E-state index is 0.0793. The number of carboxylic acids is 1. The Bertz CT molecular complexity index is 398. The summed E-state index contributed by atoms with van der Waals surface area (Å²) >= 11 is 0. The van der Waals surface area contributed by atoms with Gasteiger partial charge in [-0.3, -0.25) is 24.2 Å². The number of aliphatic carboxylic acids is 1. The quantitative estimate of drug-likeness (QED) is 0.680. The molecule has 2 unspecified atom stereocenters. The maximum Gasteiger partial charge on any atom is 0.305 e. The highest BCUT2D eigenvalue weighted by atomic mass is 16.5. The van der Waals surface area contributed by atoms with E-state index in [9.17, 15) is 14.4 Å². The average molecular weight is 270 g/mol. The number of ether oxygens (including phenoxy) is 1. The molecule has 7 nitrogen and oxygen atoms in total. The molecule has 2 heterocycles. The van der Waals surface area contributed by atoms with Gasteiger partial charge >= 0.3 is 5.97 Å². The van der Waals surface area contributed by atoms with Crippen molar-refractivity contribution in [1.82, 2.24) is 9.80 Å². The number of carbonyl (C=O) groups is 3. The van der Waals surface area contributed by atoms with Crippen LogP contribution in [0.5, 0.6) is 0 Å². The fraction of sp³-hybridized carbons (Fsp3) is 0.750. The molecule has 0 aromatic heterocycles. The highest BCUT2D eigenvalue weighted by Crippen LogP contribution is 2.23. The molecule has 2 amide bonds. The standard InChI is InChI=1S/C12H18N2O5/c1-2-13-10(15)6-9(12(13)18)14-3-4-19-7-8(14)5-11(16)17/h8-9H,2-7H2,1H3,(H,16,17). The molecule has 0 saturated carbocycles. The van der Waals surface area contributed by atoms with Crippen LogP contribution in [0.2, 0.25) is 0 Å². The van der Waals surface area contributed by atoms with Crippen LogP contribution in [0.1, 0.15) is 19.8 Å². The van der Waals surface area contributed by atoms with Crippen LogP contribution in [0, 0.1) is 0 Å². The van der Waals surface area contributed by atoms with Crippen LogP contribution in [0.25, 0.3) is 0 Å². The Labute approximate surface area is 111 Å². The second-order valence-electron chi connectivity index (χ2n) is 4.76. The lowest BCUT2D eigenvalue weighted by molar-refractivity contribution is -0.145. The van der Waals surface area contributed by atoms with E-state index in [2.05, 4.69) is 0 Å². The molecule has 106 valence electrons. The van der Waals surface area contributed by atoms with E-state index in [0.717, 1.165) is 0 Å². The first-order chi connectivity index (χ1) is 9.04. The molecule has 7 heteroatoms. The van der Waals surface area contributed by atoms with E-state index in [4.69, 9.17) is 9.84 Å². The van der Waals surface area contributed by atoms with Crippen LogP contribution >= 0.6 is 0 Å². The van der Waals surface area contributed by atoms with Crippen LogP contribution in [0.15, 0.2) is 0 Å². The number of imide groups is 1. The number of likely N-dealkylation sites (N-methyl/N-ethyl adjacent to an activating group) is 1. The second kappa shape index (κ2) is 5.66. The normalized spacial score (nSPS) is 29.0. The van der Waals surface area contributed by atoms with Crippen molar-refractivity contribution in [3.05, 3.63) is 0 Å². The van der Waals surface area contributed by atoms with Gasteiger partial charge in [0, 0.05) is 19.1 Å². The van der Waals surface area contributed by atoms with Crippen molar-refractivity contribution in [2.24, 2.45) is 0 Å². The third-order valence-electron chi connectivity index (χ3n) is 3.62. The minimum atomic E-state index is -0.926.